The van der Waals surface area contributed by atoms with E-state index < -0.39 is 172 Å². The summed E-state index contributed by atoms with van der Waals surface area (Å²) in [5.41, 5.74) is 0.0853. The number of hydrogen-bond donors (Lipinski definition) is 11. The number of nitrogens with zero attached hydrogens (tertiary/aromatic N) is 2. The van der Waals surface area contributed by atoms with Crippen LogP contribution in [0.1, 0.15) is 110 Å². The third-order valence-electron chi connectivity index (χ3n) is 15.1. The fraction of sp³-hybridized carbons (Fsp3) is 0.571. The Morgan fingerprint density at radius 3 is 1.57 bits per heavy atom. The predicted molar refractivity (Wildman–Crippen MR) is 330 cm³/mol. The minimum Gasteiger partial charge on any atom is -0.493 e. The number of esters is 2. The van der Waals surface area contributed by atoms with Gasteiger partial charge in [0.05, 0.1) is 29.1 Å². The van der Waals surface area contributed by atoms with Crippen LogP contribution in [0.25, 0.3) is 0 Å². The molecule has 2 aromatic rings. The summed E-state index contributed by atoms with van der Waals surface area (Å²) in [5.74, 6) is -9.67. The maximum atomic E-state index is 12.9. The van der Waals surface area contributed by atoms with Gasteiger partial charge in [0.2, 0.25) is 24.4 Å². The normalized spacial score (nSPS) is 22.9. The van der Waals surface area contributed by atoms with Crippen LogP contribution in [0.2, 0.25) is 0 Å². The zero-order chi connectivity index (χ0) is 72.3. The van der Waals surface area contributed by atoms with Gasteiger partial charge in [-0.25, -0.2) is 9.59 Å². The first-order valence-corrected chi connectivity index (χ1v) is 32.5. The number of carbonyl (C=O) groups is 11. The van der Waals surface area contributed by atoms with Gasteiger partial charge in [0, 0.05) is 68.4 Å². The van der Waals surface area contributed by atoms with Gasteiger partial charge in [0.1, 0.15) is 79.4 Å². The number of aliphatic carboxylic acids is 2. The maximum absolute atomic E-state index is 12.9. The molecule has 97 heavy (non-hydrogen) atoms. The van der Waals surface area contributed by atoms with Crippen LogP contribution in [0.15, 0.2) is 60.7 Å². The molecule has 2 saturated heterocycles. The molecule has 2 fully saturated rings. The van der Waals surface area contributed by atoms with E-state index in [1.807, 2.05) is 0 Å². The van der Waals surface area contributed by atoms with Crippen LogP contribution in [0.3, 0.4) is 0 Å². The molecule has 0 bridgehead atoms. The number of unbranched alkanes of at least 4 members (excludes halogenated alkanes) is 3. The number of amides is 6. The summed E-state index contributed by atoms with van der Waals surface area (Å²) in [7, 11) is -4.61. The molecule has 536 valence electrons. The van der Waals surface area contributed by atoms with Crippen LogP contribution in [0.5, 0.6) is 17.2 Å². The summed E-state index contributed by atoms with van der Waals surface area (Å²) in [5, 5.41) is 84.5. The van der Waals surface area contributed by atoms with Crippen molar-refractivity contribution in [3.8, 4) is 17.2 Å². The summed E-state index contributed by atoms with van der Waals surface area (Å²) in [4.78, 5) is 134. The van der Waals surface area contributed by atoms with Crippen molar-refractivity contribution >= 4 is 75.2 Å². The molecule has 0 aromatic heterocycles. The number of aliphatic hydroxyl groups is 6. The van der Waals surface area contributed by atoms with Crippen LogP contribution < -0.4 is 24.8 Å². The lowest BCUT2D eigenvalue weighted by Crippen LogP contribution is -2.61. The average Bonchev–Trinajstić information content (AvgIpc) is 1.57. The van der Waals surface area contributed by atoms with Crippen molar-refractivity contribution in [2.75, 3.05) is 38.5 Å². The Kier molecular flexibility index (Phi) is 29.3. The predicted octanol–water partition coefficient (Wildman–Crippen LogP) is -0.709. The van der Waals surface area contributed by atoms with Gasteiger partial charge in [-0.3, -0.25) is 57.5 Å². The fourth-order valence-corrected chi connectivity index (χ4v) is 10.3. The van der Waals surface area contributed by atoms with Gasteiger partial charge in [-0.2, -0.15) is 8.42 Å². The monoisotopic (exact) mass is 1390 g/mol. The summed E-state index contributed by atoms with van der Waals surface area (Å²) in [6.07, 6.45) is -11.3. The average molecular weight is 1390 g/mol. The third kappa shape index (κ3) is 24.3. The molecule has 2 aromatic carbocycles. The lowest BCUT2D eigenvalue weighted by molar-refractivity contribution is -0.271. The second-order valence-corrected chi connectivity index (χ2v) is 26.6. The van der Waals surface area contributed by atoms with Crippen LogP contribution >= 0.6 is 0 Å². The van der Waals surface area contributed by atoms with E-state index in [-0.39, 0.29) is 63.1 Å². The Labute approximate surface area is 557 Å². The van der Waals surface area contributed by atoms with Crippen molar-refractivity contribution in [2.45, 2.75) is 174 Å². The molecular weight excluding hydrogens is 1310 g/mol. The standard InChI is InChI=1S/C36H50N2O16S.C27H34N2O13/c1-36(2,3)35(48)52-19-22-11-12-25(53-34-30(44)28(42)29(43)31(54-34)33(46)47)18-21(22)9-6-7-15-37-32(45)23(20-55(49,50)51)17-24(39)10-5-4-8-16-38-26(40)13-14-27(38)41;1-27(2,3)26(38)40-13-14-5-6-15(41-25-22(35)20(33)21(34)23(42-25)24(36)37)11-16(14)39-10-4-9-28-17(30)12-29-18(31)7-8-19(29)32/h11-14,18,23,28-31,34,42-44H,4-10,15-17,19-20H2,1-3H3,(H,37,45)(H,46,47)(H,49,50,51);5-8,11,20-23,25,33-35H,4,9-10,12-13H2,1-3H3,(H,28,30)(H,36,37)/t23-,28-,29-,30+,31-,34+;20-,21-,22+,23-,25+/m00/s1. The number of aliphatic hydroxyl groups excluding tert-OH is 6. The molecule has 0 spiro atoms. The zero-order valence-electron chi connectivity index (χ0n) is 54.1. The van der Waals surface area contributed by atoms with E-state index >= 15 is 0 Å². The number of aryl methyl sites for hydroxylation is 1. The Morgan fingerprint density at radius 1 is 0.577 bits per heavy atom. The van der Waals surface area contributed by atoms with E-state index in [0.717, 1.165) is 22.0 Å². The van der Waals surface area contributed by atoms with Gasteiger partial charge < -0.3 is 84.6 Å². The maximum Gasteiger partial charge on any atom is 0.335 e. The van der Waals surface area contributed by atoms with Crippen molar-refractivity contribution in [2.24, 2.45) is 16.7 Å². The number of Topliss-reactive ketones (excluding diaryl/α,β-unsaturated/α-hetero) is 1. The first-order chi connectivity index (χ1) is 45.4. The van der Waals surface area contributed by atoms with Gasteiger partial charge >= 0.3 is 23.9 Å². The molecule has 33 nitrogen and oxygen atoms in total. The second kappa shape index (κ2) is 35.8. The molecule has 4 heterocycles. The zero-order valence-corrected chi connectivity index (χ0v) is 55.0. The number of imide groups is 2. The Morgan fingerprint density at radius 2 is 1.06 bits per heavy atom. The Hall–Kier alpha value is -8.32. The molecule has 4 aliphatic rings. The highest BCUT2D eigenvalue weighted by Crippen LogP contribution is 2.32. The molecule has 11 atom stereocenters. The summed E-state index contributed by atoms with van der Waals surface area (Å²) in [6.45, 7) is 9.91. The lowest BCUT2D eigenvalue weighted by atomic mass is 9.97. The summed E-state index contributed by atoms with van der Waals surface area (Å²) < 4.78 is 71.0. The number of ether oxygens (including phenoxy) is 7. The Balaban J connectivity index is 0.000000363. The first kappa shape index (κ1) is 79.4. The number of carboxylic acid groups (broad SMARTS) is 2. The fourth-order valence-electron chi connectivity index (χ4n) is 9.54. The minimum atomic E-state index is -4.61. The number of ketones is 1. The number of rotatable bonds is 33. The minimum absolute atomic E-state index is 0.0279. The van der Waals surface area contributed by atoms with Gasteiger partial charge in [0.25, 0.3) is 33.7 Å². The van der Waals surface area contributed by atoms with Crippen molar-refractivity contribution in [1.29, 1.82) is 0 Å². The van der Waals surface area contributed by atoms with Crippen molar-refractivity contribution in [1.82, 2.24) is 20.4 Å². The quantitative estimate of drug-likeness (QED) is 0.0182. The highest BCUT2D eigenvalue weighted by Gasteiger charge is 2.49. The molecule has 34 heteroatoms. The van der Waals surface area contributed by atoms with Crippen LogP contribution in [0, 0.1) is 16.7 Å². The van der Waals surface area contributed by atoms with Gasteiger partial charge in [0.15, 0.2) is 12.2 Å². The van der Waals surface area contributed by atoms with E-state index in [1.165, 1.54) is 36.4 Å². The highest BCUT2D eigenvalue weighted by atomic mass is 32.2. The molecular formula is C63H84N4O29S. The van der Waals surface area contributed by atoms with Crippen LogP contribution in [-0.4, -0.2) is 229 Å². The first-order valence-electron chi connectivity index (χ1n) is 30.8. The number of hydrogen-bond acceptors (Lipinski definition) is 26. The molecule has 4 aliphatic heterocycles. The van der Waals surface area contributed by atoms with Crippen molar-refractivity contribution in [3.63, 3.8) is 0 Å². The molecule has 0 saturated carbocycles. The highest BCUT2D eigenvalue weighted by molar-refractivity contribution is 7.85. The van der Waals surface area contributed by atoms with E-state index in [4.69, 9.17) is 33.2 Å². The van der Waals surface area contributed by atoms with Crippen molar-refractivity contribution in [3.05, 3.63) is 77.4 Å². The van der Waals surface area contributed by atoms with E-state index in [2.05, 4.69) is 10.6 Å². The number of carboxylic acids is 2. The largest absolute Gasteiger partial charge is 0.493 e. The molecule has 0 unspecified atom stereocenters. The van der Waals surface area contributed by atoms with Gasteiger partial charge in [-0.15, -0.1) is 0 Å². The summed E-state index contributed by atoms with van der Waals surface area (Å²) in [6, 6.07) is 8.89. The van der Waals surface area contributed by atoms with E-state index in [9.17, 15) is 107 Å². The molecule has 0 aliphatic carbocycles. The molecule has 6 amide bonds. The topological polar surface area (TPSA) is 499 Å². The van der Waals surface area contributed by atoms with Gasteiger partial charge in [-0.05, 0) is 115 Å². The van der Waals surface area contributed by atoms with E-state index in [0.29, 0.717) is 61.6 Å². The molecule has 6 rings (SSSR count). The second-order valence-electron chi connectivity index (χ2n) is 25.1. The lowest BCUT2D eigenvalue weighted by Gasteiger charge is -2.38. The van der Waals surface area contributed by atoms with Crippen LogP contribution in [-0.2, 0) is 101 Å². The Bertz CT molecular complexity index is 3320. The van der Waals surface area contributed by atoms with Crippen LogP contribution in [0.4, 0.5) is 0 Å². The molecule has 0 radical (unpaired) electrons. The molecule has 11 N–H and O–H groups in total. The van der Waals surface area contributed by atoms with E-state index in [1.54, 1.807) is 53.7 Å². The van der Waals surface area contributed by atoms with Crippen molar-refractivity contribution < 1.29 is 140 Å². The number of nitrogens with one attached hydrogen (secondary N) is 2. The SMILES string of the molecule is CC(C)(C)C(=O)OCc1ccc(O[C@@H]2O[C@H](C(=O)O)[C@@H](O)[C@H](O)[C@H]2O)cc1CCCCNC(=O)[C@@H](CC(=O)CCCCCN1C(=O)C=CC1=O)CS(=O)(=O)O.CC(C)(C)C(=O)OCc1ccc(O[C@@H]2O[C@H](C(=O)O)[C@@H](O)[C@H](O)[C@H]2O)cc1OCCCNC(=O)CN1C(=O)C=CC1=O. The van der Waals surface area contributed by atoms with Gasteiger partial charge in [-0.1, -0.05) is 12.5 Å². The summed E-state index contributed by atoms with van der Waals surface area (Å²) >= 11 is 0. The smallest absolute Gasteiger partial charge is 0.335 e. The number of benzene rings is 2. The third-order valence-corrected chi connectivity index (χ3v) is 15.9. The number of carbonyl (C=O) groups excluding carboxylic acids is 9.